The molecule has 1 aliphatic heterocycles. The van der Waals surface area contributed by atoms with E-state index in [-0.39, 0.29) is 21.9 Å². The van der Waals surface area contributed by atoms with Crippen LogP contribution in [0.5, 0.6) is 0 Å². The van der Waals surface area contributed by atoms with Crippen molar-refractivity contribution in [2.24, 2.45) is 0 Å². The van der Waals surface area contributed by atoms with Gasteiger partial charge in [-0.25, -0.2) is 9.37 Å². The van der Waals surface area contributed by atoms with Crippen molar-refractivity contribution in [3.63, 3.8) is 0 Å². The van der Waals surface area contributed by atoms with E-state index in [1.54, 1.807) is 22.3 Å². The number of carbonyl (C=O) groups is 1. The summed E-state index contributed by atoms with van der Waals surface area (Å²) < 4.78 is 14.0. The molecule has 0 spiro atoms. The van der Waals surface area contributed by atoms with E-state index >= 15 is 0 Å². The number of hydrogen-bond donors (Lipinski definition) is 0. The summed E-state index contributed by atoms with van der Waals surface area (Å²) in [5, 5.41) is 3.37. The quantitative estimate of drug-likeness (QED) is 0.781. The highest BCUT2D eigenvalue weighted by Crippen LogP contribution is 2.25. The zero-order chi connectivity index (χ0) is 18.9. The minimum absolute atomic E-state index is 0.0302. The molecule has 1 amide bonds. The Balaban J connectivity index is 1.59. The summed E-state index contributed by atoms with van der Waals surface area (Å²) in [4.78, 5) is 21.3. The number of rotatable bonds is 3. The van der Waals surface area contributed by atoms with Gasteiger partial charge in [-0.1, -0.05) is 38.4 Å². The zero-order valence-corrected chi connectivity index (χ0v) is 16.8. The van der Waals surface area contributed by atoms with Crippen LogP contribution in [-0.2, 0) is 12.0 Å². The Bertz CT molecular complexity index is 774. The molecule has 0 unspecified atom stereocenters. The maximum atomic E-state index is 14.0. The molecule has 1 saturated heterocycles. The monoisotopic (exact) mass is 395 g/mol. The lowest BCUT2D eigenvalue weighted by molar-refractivity contribution is 0.0624. The van der Waals surface area contributed by atoms with Crippen molar-refractivity contribution in [3.05, 3.63) is 50.7 Å². The molecule has 0 aliphatic carbocycles. The van der Waals surface area contributed by atoms with E-state index in [9.17, 15) is 9.18 Å². The van der Waals surface area contributed by atoms with Crippen LogP contribution in [0.4, 0.5) is 4.39 Å². The SMILES string of the molecule is CC(C)(C)c1csc(CN2CCN(C(=O)c3c(F)cccc3Cl)CC2)n1. The number of hydrogen-bond acceptors (Lipinski definition) is 4. The molecule has 1 aliphatic rings. The third kappa shape index (κ3) is 4.24. The van der Waals surface area contributed by atoms with Gasteiger partial charge in [0, 0.05) is 37.0 Å². The topological polar surface area (TPSA) is 36.4 Å². The lowest BCUT2D eigenvalue weighted by Gasteiger charge is -2.34. The zero-order valence-electron chi connectivity index (χ0n) is 15.3. The van der Waals surface area contributed by atoms with Gasteiger partial charge in [0.15, 0.2) is 0 Å². The second-order valence-corrected chi connectivity index (χ2v) is 8.89. The first-order valence-electron chi connectivity index (χ1n) is 8.66. The van der Waals surface area contributed by atoms with Gasteiger partial charge in [-0.05, 0) is 12.1 Å². The van der Waals surface area contributed by atoms with E-state index in [4.69, 9.17) is 16.6 Å². The molecule has 140 valence electrons. The van der Waals surface area contributed by atoms with Crippen LogP contribution in [0.2, 0.25) is 5.02 Å². The van der Waals surface area contributed by atoms with Crippen LogP contribution in [0.15, 0.2) is 23.6 Å². The molecule has 2 aromatic rings. The minimum Gasteiger partial charge on any atom is -0.336 e. The van der Waals surface area contributed by atoms with Crippen LogP contribution in [0.3, 0.4) is 0 Å². The molecule has 1 fully saturated rings. The van der Waals surface area contributed by atoms with Gasteiger partial charge in [0.2, 0.25) is 0 Å². The third-order valence-corrected chi connectivity index (χ3v) is 5.66. The predicted octanol–water partition coefficient (Wildman–Crippen LogP) is 4.19. The maximum Gasteiger partial charge on any atom is 0.258 e. The summed E-state index contributed by atoms with van der Waals surface area (Å²) in [5.41, 5.74) is 1.14. The Hall–Kier alpha value is -1.50. The fourth-order valence-electron chi connectivity index (χ4n) is 2.89. The van der Waals surface area contributed by atoms with Crippen LogP contribution in [-0.4, -0.2) is 46.9 Å². The number of thiazole rings is 1. The Labute approximate surface area is 162 Å². The molecule has 0 bridgehead atoms. The van der Waals surface area contributed by atoms with Crippen molar-refractivity contribution in [2.45, 2.75) is 32.7 Å². The van der Waals surface area contributed by atoms with Gasteiger partial charge >= 0.3 is 0 Å². The van der Waals surface area contributed by atoms with Crippen molar-refractivity contribution >= 4 is 28.8 Å². The average Bonchev–Trinajstić information content (AvgIpc) is 3.04. The van der Waals surface area contributed by atoms with Gasteiger partial charge < -0.3 is 4.90 Å². The van der Waals surface area contributed by atoms with E-state index in [2.05, 4.69) is 31.1 Å². The van der Waals surface area contributed by atoms with Crippen molar-refractivity contribution in [2.75, 3.05) is 26.2 Å². The number of aromatic nitrogens is 1. The molecular weight excluding hydrogens is 373 g/mol. The lowest BCUT2D eigenvalue weighted by Crippen LogP contribution is -2.48. The average molecular weight is 396 g/mol. The molecule has 4 nitrogen and oxygen atoms in total. The highest BCUT2D eigenvalue weighted by molar-refractivity contribution is 7.09. The molecule has 1 aromatic carbocycles. The standard InChI is InChI=1S/C19H23ClFN3OS/c1-19(2,3)15-12-26-16(22-15)11-23-7-9-24(10-8-23)18(25)17-13(20)5-4-6-14(17)21/h4-6,12H,7-11H2,1-3H3. The summed E-state index contributed by atoms with van der Waals surface area (Å²) in [7, 11) is 0. The van der Waals surface area contributed by atoms with Crippen LogP contribution in [0.1, 0.15) is 41.8 Å². The molecule has 0 atom stereocenters. The summed E-state index contributed by atoms with van der Waals surface area (Å²) in [6.07, 6.45) is 0. The van der Waals surface area contributed by atoms with E-state index in [0.717, 1.165) is 30.3 Å². The normalized spacial score (nSPS) is 16.1. The van der Waals surface area contributed by atoms with E-state index < -0.39 is 5.82 Å². The number of nitrogens with zero attached hydrogens (tertiary/aromatic N) is 3. The number of piperazine rings is 1. The molecule has 26 heavy (non-hydrogen) atoms. The van der Waals surface area contributed by atoms with Crippen LogP contribution >= 0.6 is 22.9 Å². The molecule has 1 aromatic heterocycles. The van der Waals surface area contributed by atoms with Gasteiger partial charge in [0.05, 0.1) is 22.8 Å². The Kier molecular flexibility index (Phi) is 5.65. The molecular formula is C19H23ClFN3OS. The highest BCUT2D eigenvalue weighted by Gasteiger charge is 2.26. The molecule has 3 rings (SSSR count). The lowest BCUT2D eigenvalue weighted by atomic mass is 9.93. The molecule has 0 N–H and O–H groups in total. The number of carbonyl (C=O) groups excluding carboxylic acids is 1. The van der Waals surface area contributed by atoms with E-state index in [0.29, 0.717) is 13.1 Å². The third-order valence-electron chi connectivity index (χ3n) is 4.52. The first-order chi connectivity index (χ1) is 12.3. The summed E-state index contributed by atoms with van der Waals surface area (Å²) in [6.45, 7) is 9.84. The molecule has 2 heterocycles. The fraction of sp³-hybridized carbons (Fsp3) is 0.474. The highest BCUT2D eigenvalue weighted by atomic mass is 35.5. The van der Waals surface area contributed by atoms with Gasteiger partial charge in [-0.2, -0.15) is 0 Å². The van der Waals surface area contributed by atoms with E-state index in [1.807, 2.05) is 0 Å². The van der Waals surface area contributed by atoms with Crippen molar-refractivity contribution < 1.29 is 9.18 Å². The van der Waals surface area contributed by atoms with E-state index in [1.165, 1.54) is 12.1 Å². The number of benzene rings is 1. The summed E-state index contributed by atoms with van der Waals surface area (Å²) in [6, 6.07) is 4.32. The second kappa shape index (κ2) is 7.62. The summed E-state index contributed by atoms with van der Waals surface area (Å²) >= 11 is 7.69. The number of amides is 1. The smallest absolute Gasteiger partial charge is 0.258 e. The van der Waals surface area contributed by atoms with Gasteiger partial charge in [-0.15, -0.1) is 11.3 Å². The Morgan fingerprint density at radius 1 is 1.27 bits per heavy atom. The van der Waals surface area contributed by atoms with Crippen molar-refractivity contribution in [1.29, 1.82) is 0 Å². The molecule has 7 heteroatoms. The second-order valence-electron chi connectivity index (χ2n) is 7.54. The molecule has 0 saturated carbocycles. The van der Waals surface area contributed by atoms with Crippen molar-refractivity contribution in [3.8, 4) is 0 Å². The van der Waals surface area contributed by atoms with Gasteiger partial charge in [0.25, 0.3) is 5.91 Å². The Morgan fingerprint density at radius 3 is 2.54 bits per heavy atom. The van der Waals surface area contributed by atoms with Gasteiger partial charge in [-0.3, -0.25) is 9.69 Å². The van der Waals surface area contributed by atoms with Gasteiger partial charge in [0.1, 0.15) is 10.8 Å². The largest absolute Gasteiger partial charge is 0.336 e. The van der Waals surface area contributed by atoms with Crippen LogP contribution < -0.4 is 0 Å². The maximum absolute atomic E-state index is 14.0. The van der Waals surface area contributed by atoms with Crippen LogP contribution in [0.25, 0.3) is 0 Å². The number of halogens is 2. The predicted molar refractivity (Wildman–Crippen MR) is 103 cm³/mol. The van der Waals surface area contributed by atoms with Crippen molar-refractivity contribution in [1.82, 2.24) is 14.8 Å². The molecule has 0 radical (unpaired) electrons. The minimum atomic E-state index is -0.567. The Morgan fingerprint density at radius 2 is 1.96 bits per heavy atom. The van der Waals surface area contributed by atoms with Crippen LogP contribution in [0, 0.1) is 5.82 Å². The fourth-order valence-corrected chi connectivity index (χ4v) is 4.19. The summed E-state index contributed by atoms with van der Waals surface area (Å²) in [5.74, 6) is -0.903. The first-order valence-corrected chi connectivity index (χ1v) is 9.92. The first kappa shape index (κ1) is 19.3.